The Bertz CT molecular complexity index is 446. The number of aromatic carboxylic acids is 1. The summed E-state index contributed by atoms with van der Waals surface area (Å²) in [5.74, 6) is -0.895. The molecule has 98 valence electrons. The fourth-order valence-corrected chi connectivity index (χ4v) is 1.33. The average molecular weight is 252 g/mol. The summed E-state index contributed by atoms with van der Waals surface area (Å²) in [5.41, 5.74) is 6.08. The minimum Gasteiger partial charge on any atom is -0.491 e. The van der Waals surface area contributed by atoms with Gasteiger partial charge in [0.25, 0.3) is 0 Å². The third kappa shape index (κ3) is 3.97. The van der Waals surface area contributed by atoms with Gasteiger partial charge in [-0.2, -0.15) is 0 Å². The molecule has 18 heavy (non-hydrogen) atoms. The van der Waals surface area contributed by atoms with Crippen LogP contribution < -0.4 is 15.8 Å². The Balaban J connectivity index is 2.58. The van der Waals surface area contributed by atoms with E-state index in [2.05, 4.69) is 5.32 Å². The molecule has 0 aliphatic rings. The van der Waals surface area contributed by atoms with E-state index in [0.717, 1.165) is 0 Å². The Morgan fingerprint density at radius 1 is 1.44 bits per heavy atom. The zero-order valence-corrected chi connectivity index (χ0v) is 10.1. The van der Waals surface area contributed by atoms with E-state index in [0.29, 0.717) is 12.2 Å². The van der Waals surface area contributed by atoms with Gasteiger partial charge in [0.1, 0.15) is 5.75 Å². The van der Waals surface area contributed by atoms with E-state index < -0.39 is 5.97 Å². The molecule has 6 heteroatoms. The van der Waals surface area contributed by atoms with Gasteiger partial charge < -0.3 is 20.9 Å². The number of hydrogen-bond donors (Lipinski definition) is 3. The fourth-order valence-electron chi connectivity index (χ4n) is 1.33. The van der Waals surface area contributed by atoms with Crippen LogP contribution in [-0.4, -0.2) is 30.1 Å². The highest BCUT2D eigenvalue weighted by atomic mass is 16.5. The maximum Gasteiger partial charge on any atom is 0.335 e. The van der Waals surface area contributed by atoms with Gasteiger partial charge in [-0.05, 0) is 25.1 Å². The van der Waals surface area contributed by atoms with E-state index >= 15 is 0 Å². The van der Waals surface area contributed by atoms with Gasteiger partial charge in [0, 0.05) is 6.54 Å². The maximum absolute atomic E-state index is 11.2. The first kappa shape index (κ1) is 13.8. The lowest BCUT2D eigenvalue weighted by atomic mass is 10.2. The first-order chi connectivity index (χ1) is 8.54. The van der Waals surface area contributed by atoms with Crippen molar-refractivity contribution in [2.45, 2.75) is 13.3 Å². The van der Waals surface area contributed by atoms with Gasteiger partial charge in [-0.15, -0.1) is 0 Å². The lowest BCUT2D eigenvalue weighted by molar-refractivity contribution is -0.121. The average Bonchev–Trinajstić information content (AvgIpc) is 2.31. The number of hydrogen-bond acceptors (Lipinski definition) is 4. The normalized spacial score (nSPS) is 9.83. The lowest BCUT2D eigenvalue weighted by Gasteiger charge is -2.09. The SMILES string of the molecule is CCNC(=O)CCOc1cc(C(=O)O)ccc1N. The Hall–Kier alpha value is -2.24. The Morgan fingerprint density at radius 2 is 2.17 bits per heavy atom. The standard InChI is InChI=1S/C12H16N2O4/c1-2-14-11(15)5-6-18-10-7-8(12(16)17)3-4-9(10)13/h3-4,7H,2,5-6,13H2,1H3,(H,14,15)(H,16,17). The molecule has 1 rings (SSSR count). The van der Waals surface area contributed by atoms with Crippen LogP contribution in [0.25, 0.3) is 0 Å². The van der Waals surface area contributed by atoms with E-state index in [9.17, 15) is 9.59 Å². The van der Waals surface area contributed by atoms with Gasteiger partial charge in [0.05, 0.1) is 24.3 Å². The molecule has 0 saturated heterocycles. The van der Waals surface area contributed by atoms with Crippen LogP contribution in [0.15, 0.2) is 18.2 Å². The second kappa shape index (κ2) is 6.48. The van der Waals surface area contributed by atoms with Crippen LogP contribution in [0, 0.1) is 0 Å². The summed E-state index contributed by atoms with van der Waals surface area (Å²) < 4.78 is 5.30. The van der Waals surface area contributed by atoms with Crippen molar-refractivity contribution < 1.29 is 19.4 Å². The number of carbonyl (C=O) groups excluding carboxylic acids is 1. The van der Waals surface area contributed by atoms with Crippen LogP contribution in [0.5, 0.6) is 5.75 Å². The molecule has 0 radical (unpaired) electrons. The second-order valence-corrected chi connectivity index (χ2v) is 3.61. The molecule has 4 N–H and O–H groups in total. The molecule has 1 aromatic rings. The summed E-state index contributed by atoms with van der Waals surface area (Å²) in [6.07, 6.45) is 0.199. The zero-order valence-electron chi connectivity index (χ0n) is 10.1. The summed E-state index contributed by atoms with van der Waals surface area (Å²) in [4.78, 5) is 21.9. The summed E-state index contributed by atoms with van der Waals surface area (Å²) in [6.45, 7) is 2.54. The molecule has 0 aliphatic heterocycles. The van der Waals surface area contributed by atoms with E-state index in [4.69, 9.17) is 15.6 Å². The van der Waals surface area contributed by atoms with Crippen molar-refractivity contribution in [2.24, 2.45) is 0 Å². The fraction of sp³-hybridized carbons (Fsp3) is 0.333. The third-order valence-electron chi connectivity index (χ3n) is 2.22. The molecule has 0 saturated carbocycles. The molecular formula is C12H16N2O4. The maximum atomic E-state index is 11.2. The molecule has 0 aliphatic carbocycles. The molecule has 1 amide bonds. The van der Waals surface area contributed by atoms with Crippen molar-refractivity contribution in [2.75, 3.05) is 18.9 Å². The molecule has 1 aromatic carbocycles. The van der Waals surface area contributed by atoms with Gasteiger partial charge in [0.15, 0.2) is 0 Å². The smallest absolute Gasteiger partial charge is 0.335 e. The predicted molar refractivity (Wildman–Crippen MR) is 66.6 cm³/mol. The molecule has 0 fully saturated rings. The summed E-state index contributed by atoms with van der Waals surface area (Å²) in [5, 5.41) is 11.5. The minimum absolute atomic E-state index is 0.0946. The van der Waals surface area contributed by atoms with Gasteiger partial charge >= 0.3 is 5.97 Å². The number of rotatable bonds is 6. The highest BCUT2D eigenvalue weighted by Crippen LogP contribution is 2.22. The Morgan fingerprint density at radius 3 is 2.78 bits per heavy atom. The predicted octanol–water partition coefficient (Wildman–Crippen LogP) is 0.872. The van der Waals surface area contributed by atoms with E-state index in [1.165, 1.54) is 18.2 Å². The number of carboxylic acids is 1. The number of nitrogens with two attached hydrogens (primary N) is 1. The van der Waals surface area contributed by atoms with Crippen LogP contribution in [0.2, 0.25) is 0 Å². The van der Waals surface area contributed by atoms with Gasteiger partial charge in [-0.25, -0.2) is 4.79 Å². The molecule has 0 atom stereocenters. The molecule has 0 heterocycles. The zero-order chi connectivity index (χ0) is 13.5. The van der Waals surface area contributed by atoms with Crippen LogP contribution >= 0.6 is 0 Å². The molecule has 0 aromatic heterocycles. The monoisotopic (exact) mass is 252 g/mol. The van der Waals surface area contributed by atoms with Crippen molar-refractivity contribution in [1.82, 2.24) is 5.32 Å². The summed E-state index contributed by atoms with van der Waals surface area (Å²) in [6, 6.07) is 4.20. The highest BCUT2D eigenvalue weighted by Gasteiger charge is 2.08. The quantitative estimate of drug-likeness (QED) is 0.652. The highest BCUT2D eigenvalue weighted by molar-refractivity contribution is 5.89. The summed E-state index contributed by atoms with van der Waals surface area (Å²) in [7, 11) is 0. The van der Waals surface area contributed by atoms with E-state index in [-0.39, 0.29) is 30.2 Å². The van der Waals surface area contributed by atoms with Crippen LogP contribution in [-0.2, 0) is 4.79 Å². The number of ether oxygens (including phenoxy) is 1. The van der Waals surface area contributed by atoms with Crippen molar-refractivity contribution in [3.05, 3.63) is 23.8 Å². The molecular weight excluding hydrogens is 236 g/mol. The van der Waals surface area contributed by atoms with Gasteiger partial charge in [-0.3, -0.25) is 4.79 Å². The Kier molecular flexibility index (Phi) is 4.98. The van der Waals surface area contributed by atoms with Gasteiger partial charge in [-0.1, -0.05) is 0 Å². The van der Waals surface area contributed by atoms with Crippen LogP contribution in [0.1, 0.15) is 23.7 Å². The minimum atomic E-state index is -1.05. The van der Waals surface area contributed by atoms with Crippen LogP contribution in [0.3, 0.4) is 0 Å². The number of nitrogens with one attached hydrogen (secondary N) is 1. The first-order valence-electron chi connectivity index (χ1n) is 5.57. The lowest BCUT2D eigenvalue weighted by Crippen LogP contribution is -2.24. The van der Waals surface area contributed by atoms with Crippen molar-refractivity contribution in [1.29, 1.82) is 0 Å². The number of carbonyl (C=O) groups is 2. The van der Waals surface area contributed by atoms with E-state index in [1.54, 1.807) is 0 Å². The number of benzene rings is 1. The number of amides is 1. The van der Waals surface area contributed by atoms with Crippen molar-refractivity contribution >= 4 is 17.6 Å². The Labute approximate surface area is 105 Å². The third-order valence-corrected chi connectivity index (χ3v) is 2.22. The van der Waals surface area contributed by atoms with Crippen molar-refractivity contribution in [3.8, 4) is 5.75 Å². The topological polar surface area (TPSA) is 102 Å². The first-order valence-corrected chi connectivity index (χ1v) is 5.57. The van der Waals surface area contributed by atoms with E-state index in [1.807, 2.05) is 6.92 Å². The number of carboxylic acid groups (broad SMARTS) is 1. The molecule has 0 bridgehead atoms. The second-order valence-electron chi connectivity index (χ2n) is 3.61. The van der Waals surface area contributed by atoms with Gasteiger partial charge in [0.2, 0.25) is 5.91 Å². The number of anilines is 1. The number of nitrogen functional groups attached to an aromatic ring is 1. The molecule has 0 unspecified atom stereocenters. The molecule has 6 nitrogen and oxygen atoms in total. The van der Waals surface area contributed by atoms with Crippen LogP contribution in [0.4, 0.5) is 5.69 Å². The summed E-state index contributed by atoms with van der Waals surface area (Å²) >= 11 is 0. The molecule has 0 spiro atoms. The van der Waals surface area contributed by atoms with Crippen molar-refractivity contribution in [3.63, 3.8) is 0 Å². The largest absolute Gasteiger partial charge is 0.491 e.